The number of aromatic nitrogens is 2. The number of hydrogen-bond donors (Lipinski definition) is 0. The fourth-order valence-corrected chi connectivity index (χ4v) is 4.11. The molecule has 154 valence electrons. The van der Waals surface area contributed by atoms with Crippen molar-refractivity contribution in [2.75, 3.05) is 6.61 Å². The summed E-state index contributed by atoms with van der Waals surface area (Å²) >= 11 is 13.0. The molecule has 8 heteroatoms. The van der Waals surface area contributed by atoms with Crippen molar-refractivity contribution in [3.05, 3.63) is 66.0 Å². The molecular formula is C22H18Br2ClN3O2. The van der Waals surface area contributed by atoms with Crippen LogP contribution in [0.1, 0.15) is 32.2 Å². The van der Waals surface area contributed by atoms with Gasteiger partial charge in [0.2, 0.25) is 0 Å². The molecule has 2 aromatic carbocycles. The Balaban J connectivity index is 2.23. The normalized spacial score (nSPS) is 11.8. The van der Waals surface area contributed by atoms with Gasteiger partial charge in [-0.25, -0.2) is 4.98 Å². The Labute approximate surface area is 196 Å². The SMILES string of the molecule is C#CCOc1c(Br)cc(Cl)cc1C=Nn1c(C(C)(C)C)nc2ccc(Br)cc2c1=O. The number of hydrogen-bond acceptors (Lipinski definition) is 4. The molecule has 0 bridgehead atoms. The highest BCUT2D eigenvalue weighted by atomic mass is 79.9. The number of fused-ring (bicyclic) bond motifs is 1. The highest BCUT2D eigenvalue weighted by Crippen LogP contribution is 2.32. The molecule has 3 aromatic rings. The molecule has 0 aliphatic carbocycles. The van der Waals surface area contributed by atoms with E-state index in [1.165, 1.54) is 10.9 Å². The molecule has 0 aliphatic heterocycles. The van der Waals surface area contributed by atoms with Gasteiger partial charge in [-0.2, -0.15) is 9.78 Å². The lowest BCUT2D eigenvalue weighted by Crippen LogP contribution is -2.29. The molecule has 0 N–H and O–H groups in total. The van der Waals surface area contributed by atoms with Crippen LogP contribution in [-0.2, 0) is 5.41 Å². The van der Waals surface area contributed by atoms with E-state index in [0.29, 0.717) is 37.5 Å². The van der Waals surface area contributed by atoms with Gasteiger partial charge in [-0.05, 0) is 46.3 Å². The van der Waals surface area contributed by atoms with Crippen molar-refractivity contribution in [3.8, 4) is 18.1 Å². The van der Waals surface area contributed by atoms with Crippen LogP contribution in [0, 0.1) is 12.3 Å². The molecule has 30 heavy (non-hydrogen) atoms. The molecular weight excluding hydrogens is 534 g/mol. The molecule has 5 nitrogen and oxygen atoms in total. The van der Waals surface area contributed by atoms with E-state index in [1.54, 1.807) is 18.2 Å². The van der Waals surface area contributed by atoms with Gasteiger partial charge >= 0.3 is 0 Å². The van der Waals surface area contributed by atoms with E-state index in [2.05, 4.69) is 42.9 Å². The van der Waals surface area contributed by atoms with Crippen molar-refractivity contribution in [2.45, 2.75) is 26.2 Å². The van der Waals surface area contributed by atoms with Crippen molar-refractivity contribution in [1.82, 2.24) is 9.66 Å². The van der Waals surface area contributed by atoms with E-state index in [-0.39, 0.29) is 12.2 Å². The first-order valence-corrected chi connectivity index (χ1v) is 10.9. The average Bonchev–Trinajstić information content (AvgIpc) is 2.66. The third-order valence-corrected chi connectivity index (χ3v) is 5.43. The molecule has 1 aromatic heterocycles. The lowest BCUT2D eigenvalue weighted by molar-refractivity contribution is 0.367. The first kappa shape index (κ1) is 22.5. The van der Waals surface area contributed by atoms with Gasteiger partial charge in [-0.3, -0.25) is 4.79 Å². The second-order valence-electron chi connectivity index (χ2n) is 7.51. The minimum absolute atomic E-state index is 0.0832. The van der Waals surface area contributed by atoms with Crippen LogP contribution in [0.4, 0.5) is 0 Å². The number of halogens is 3. The van der Waals surface area contributed by atoms with E-state index in [9.17, 15) is 4.79 Å². The second kappa shape index (κ2) is 8.93. The largest absolute Gasteiger partial charge is 0.479 e. The van der Waals surface area contributed by atoms with Crippen LogP contribution in [0.15, 0.2) is 49.2 Å². The zero-order valence-corrected chi connectivity index (χ0v) is 20.5. The Morgan fingerprint density at radius 3 is 2.70 bits per heavy atom. The smallest absolute Gasteiger partial charge is 0.282 e. The number of nitrogens with zero attached hydrogens (tertiary/aromatic N) is 3. The average molecular weight is 552 g/mol. The van der Waals surface area contributed by atoms with Crippen molar-refractivity contribution in [1.29, 1.82) is 0 Å². The molecule has 0 saturated heterocycles. The summed E-state index contributed by atoms with van der Waals surface area (Å²) in [5.74, 6) is 3.45. The summed E-state index contributed by atoms with van der Waals surface area (Å²) in [5, 5.41) is 5.41. The van der Waals surface area contributed by atoms with Gasteiger partial charge < -0.3 is 4.74 Å². The summed E-state index contributed by atoms with van der Waals surface area (Å²) in [7, 11) is 0. The molecule has 1 heterocycles. The van der Waals surface area contributed by atoms with Crippen molar-refractivity contribution in [2.24, 2.45) is 5.10 Å². The van der Waals surface area contributed by atoms with Crippen LogP contribution >= 0.6 is 43.5 Å². The van der Waals surface area contributed by atoms with Crippen LogP contribution in [-0.4, -0.2) is 22.5 Å². The maximum atomic E-state index is 13.3. The number of ether oxygens (including phenoxy) is 1. The van der Waals surface area contributed by atoms with E-state index in [4.69, 9.17) is 27.7 Å². The van der Waals surface area contributed by atoms with Gasteiger partial charge in [0.25, 0.3) is 5.56 Å². The first-order valence-electron chi connectivity index (χ1n) is 8.94. The zero-order valence-electron chi connectivity index (χ0n) is 16.5. The van der Waals surface area contributed by atoms with E-state index < -0.39 is 5.41 Å². The van der Waals surface area contributed by atoms with Gasteiger partial charge in [0.15, 0.2) is 0 Å². The molecule has 0 spiro atoms. The molecule has 3 rings (SSSR count). The Kier molecular flexibility index (Phi) is 6.71. The summed E-state index contributed by atoms with van der Waals surface area (Å²) in [4.78, 5) is 18.0. The number of rotatable bonds is 4. The van der Waals surface area contributed by atoms with Crippen LogP contribution in [0.2, 0.25) is 5.02 Å². The topological polar surface area (TPSA) is 56.5 Å². The lowest BCUT2D eigenvalue weighted by atomic mass is 9.95. The van der Waals surface area contributed by atoms with Gasteiger partial charge in [-0.15, -0.1) is 6.42 Å². The van der Waals surface area contributed by atoms with E-state index in [1.807, 2.05) is 32.9 Å². The minimum atomic E-state index is -0.421. The van der Waals surface area contributed by atoms with Gasteiger partial charge in [-0.1, -0.05) is 54.2 Å². The third-order valence-electron chi connectivity index (χ3n) is 4.13. The Bertz CT molecular complexity index is 1250. The van der Waals surface area contributed by atoms with Crippen molar-refractivity contribution < 1.29 is 4.74 Å². The van der Waals surface area contributed by atoms with Crippen LogP contribution in [0.5, 0.6) is 5.75 Å². The maximum Gasteiger partial charge on any atom is 0.282 e. The maximum absolute atomic E-state index is 13.3. The van der Waals surface area contributed by atoms with Gasteiger partial charge in [0.1, 0.15) is 18.2 Å². The minimum Gasteiger partial charge on any atom is -0.479 e. The summed E-state index contributed by atoms with van der Waals surface area (Å²) in [5.41, 5.74) is 0.499. The quantitative estimate of drug-likeness (QED) is 0.306. The fraction of sp³-hybridized carbons (Fsp3) is 0.227. The molecule has 0 radical (unpaired) electrons. The molecule has 0 unspecified atom stereocenters. The Hall–Kier alpha value is -2.14. The predicted molar refractivity (Wildman–Crippen MR) is 129 cm³/mol. The predicted octanol–water partition coefficient (Wildman–Crippen LogP) is 5.77. The highest BCUT2D eigenvalue weighted by Gasteiger charge is 2.23. The molecule has 0 atom stereocenters. The fourth-order valence-electron chi connectivity index (χ4n) is 2.80. The highest BCUT2D eigenvalue weighted by molar-refractivity contribution is 9.10. The van der Waals surface area contributed by atoms with Crippen LogP contribution in [0.25, 0.3) is 10.9 Å². The Morgan fingerprint density at radius 1 is 1.30 bits per heavy atom. The molecule has 0 fully saturated rings. The number of benzene rings is 2. The van der Waals surface area contributed by atoms with Crippen LogP contribution in [0.3, 0.4) is 0 Å². The lowest BCUT2D eigenvalue weighted by Gasteiger charge is -2.21. The van der Waals surface area contributed by atoms with E-state index in [0.717, 1.165) is 4.47 Å². The zero-order chi connectivity index (χ0) is 22.1. The van der Waals surface area contributed by atoms with Crippen LogP contribution < -0.4 is 10.3 Å². The Morgan fingerprint density at radius 2 is 2.03 bits per heavy atom. The van der Waals surface area contributed by atoms with Gasteiger partial charge in [0, 0.05) is 20.5 Å². The second-order valence-corrected chi connectivity index (χ2v) is 9.71. The van der Waals surface area contributed by atoms with Crippen molar-refractivity contribution in [3.63, 3.8) is 0 Å². The molecule has 0 aliphatic rings. The van der Waals surface area contributed by atoms with Crippen molar-refractivity contribution >= 4 is 60.6 Å². The summed E-state index contributed by atoms with van der Waals surface area (Å²) < 4.78 is 8.37. The summed E-state index contributed by atoms with van der Waals surface area (Å²) in [6.45, 7) is 6.01. The third kappa shape index (κ3) is 4.77. The van der Waals surface area contributed by atoms with Gasteiger partial charge in [0.05, 0.1) is 21.6 Å². The monoisotopic (exact) mass is 549 g/mol. The number of terminal acetylenes is 1. The molecule has 0 amide bonds. The molecule has 0 saturated carbocycles. The summed E-state index contributed by atoms with van der Waals surface area (Å²) in [6, 6.07) is 8.79. The van der Waals surface area contributed by atoms with E-state index >= 15 is 0 Å². The standard InChI is InChI=1S/C22H18Br2ClN3O2/c1-5-8-30-19-13(9-15(25)11-17(19)24)12-26-28-20(29)16-10-14(23)6-7-18(16)27-21(28)22(2,3)4/h1,6-7,9-12H,8H2,2-4H3. The first-order chi connectivity index (χ1) is 14.1. The summed E-state index contributed by atoms with van der Waals surface area (Å²) in [6.07, 6.45) is 6.83.